The van der Waals surface area contributed by atoms with Gasteiger partial charge in [0, 0.05) is 5.69 Å². The topological polar surface area (TPSA) is 55.4 Å². The molecule has 0 aliphatic carbocycles. The number of rotatable bonds is 4. The van der Waals surface area contributed by atoms with Gasteiger partial charge in [-0.25, -0.2) is 4.79 Å². The summed E-state index contributed by atoms with van der Waals surface area (Å²) >= 11 is 0. The Hall–Kier alpha value is -2.62. The first-order valence-corrected chi connectivity index (χ1v) is 8.31. The zero-order chi connectivity index (χ0) is 18.6. The first-order chi connectivity index (χ1) is 11.6. The second kappa shape index (κ2) is 7.51. The lowest BCUT2D eigenvalue weighted by Crippen LogP contribution is -2.21. The van der Waals surface area contributed by atoms with E-state index in [0.717, 1.165) is 11.1 Å². The van der Waals surface area contributed by atoms with Crippen molar-refractivity contribution in [1.29, 1.82) is 0 Å². The van der Waals surface area contributed by atoms with Gasteiger partial charge >= 0.3 is 5.97 Å². The Kier molecular flexibility index (Phi) is 5.62. The van der Waals surface area contributed by atoms with Crippen LogP contribution in [0.5, 0.6) is 0 Å². The van der Waals surface area contributed by atoms with Gasteiger partial charge in [0.25, 0.3) is 5.91 Å². The molecule has 1 N–H and O–H groups in total. The molecule has 0 fully saturated rings. The Balaban J connectivity index is 1.91. The highest BCUT2D eigenvalue weighted by molar-refractivity contribution is 5.95. The van der Waals surface area contributed by atoms with E-state index in [1.54, 1.807) is 12.1 Å². The number of carbonyl (C=O) groups is 2. The molecule has 0 atom stereocenters. The van der Waals surface area contributed by atoms with Gasteiger partial charge in [0.2, 0.25) is 0 Å². The molecule has 2 rings (SSSR count). The minimum absolute atomic E-state index is 0.0595. The van der Waals surface area contributed by atoms with Gasteiger partial charge < -0.3 is 10.1 Å². The number of hydrogen-bond donors (Lipinski definition) is 1. The van der Waals surface area contributed by atoms with Crippen LogP contribution in [0.15, 0.2) is 42.5 Å². The maximum atomic E-state index is 12.1. The molecule has 0 spiro atoms. The maximum absolute atomic E-state index is 12.1. The van der Waals surface area contributed by atoms with E-state index in [0.29, 0.717) is 11.3 Å². The fourth-order valence-electron chi connectivity index (χ4n) is 2.56. The van der Waals surface area contributed by atoms with Crippen LogP contribution in [0.3, 0.4) is 0 Å². The number of hydrogen-bond acceptors (Lipinski definition) is 3. The third-order valence-electron chi connectivity index (χ3n) is 3.83. The van der Waals surface area contributed by atoms with E-state index in [1.165, 1.54) is 5.56 Å². The predicted molar refractivity (Wildman–Crippen MR) is 100.0 cm³/mol. The van der Waals surface area contributed by atoms with Crippen molar-refractivity contribution in [2.24, 2.45) is 0 Å². The first kappa shape index (κ1) is 18.7. The molecule has 0 aromatic heterocycles. The van der Waals surface area contributed by atoms with Gasteiger partial charge in [-0.15, -0.1) is 0 Å². The molecule has 0 heterocycles. The second-order valence-corrected chi connectivity index (χ2v) is 7.33. The van der Waals surface area contributed by atoms with Crippen LogP contribution in [0, 0.1) is 13.8 Å². The standard InChI is InChI=1S/C21H25NO3/c1-14-10-15(2)12-16(11-14)20(24)25-13-19(23)22-18-8-6-17(7-9-18)21(3,4)5/h6-12H,13H2,1-5H3,(H,22,23). The lowest BCUT2D eigenvalue weighted by molar-refractivity contribution is -0.119. The second-order valence-electron chi connectivity index (χ2n) is 7.33. The van der Waals surface area contributed by atoms with E-state index in [2.05, 4.69) is 26.1 Å². The highest BCUT2D eigenvalue weighted by Gasteiger charge is 2.14. The maximum Gasteiger partial charge on any atom is 0.338 e. The smallest absolute Gasteiger partial charge is 0.338 e. The highest BCUT2D eigenvalue weighted by Crippen LogP contribution is 2.23. The molecule has 25 heavy (non-hydrogen) atoms. The molecule has 0 unspecified atom stereocenters. The molecule has 4 heteroatoms. The quantitative estimate of drug-likeness (QED) is 0.840. The number of esters is 1. The number of amides is 1. The summed E-state index contributed by atoms with van der Waals surface area (Å²) < 4.78 is 5.10. The lowest BCUT2D eigenvalue weighted by atomic mass is 9.87. The fourth-order valence-corrected chi connectivity index (χ4v) is 2.56. The number of ether oxygens (including phenoxy) is 1. The molecule has 132 valence electrons. The van der Waals surface area contributed by atoms with Crippen LogP contribution in [-0.2, 0) is 14.9 Å². The van der Waals surface area contributed by atoms with Crippen molar-refractivity contribution >= 4 is 17.6 Å². The van der Waals surface area contributed by atoms with Crippen LogP contribution in [0.2, 0.25) is 0 Å². The Morgan fingerprint density at radius 3 is 2.04 bits per heavy atom. The molecule has 0 saturated heterocycles. The Labute approximate surface area is 149 Å². The van der Waals surface area contributed by atoms with Crippen LogP contribution in [0.1, 0.15) is 47.8 Å². The van der Waals surface area contributed by atoms with Gasteiger partial charge in [0.1, 0.15) is 0 Å². The summed E-state index contributed by atoms with van der Waals surface area (Å²) in [6.07, 6.45) is 0. The summed E-state index contributed by atoms with van der Waals surface area (Å²) in [6.45, 7) is 9.91. The zero-order valence-corrected chi connectivity index (χ0v) is 15.5. The van der Waals surface area contributed by atoms with Gasteiger partial charge in [-0.1, -0.05) is 50.1 Å². The normalized spacial score (nSPS) is 11.1. The van der Waals surface area contributed by atoms with Crippen molar-refractivity contribution < 1.29 is 14.3 Å². The summed E-state index contributed by atoms with van der Waals surface area (Å²) in [6, 6.07) is 13.1. The van der Waals surface area contributed by atoms with Crippen molar-refractivity contribution in [2.75, 3.05) is 11.9 Å². The van der Waals surface area contributed by atoms with Crippen LogP contribution in [0.4, 0.5) is 5.69 Å². The van der Waals surface area contributed by atoms with E-state index in [1.807, 2.05) is 44.2 Å². The van der Waals surface area contributed by atoms with Crippen LogP contribution >= 0.6 is 0 Å². The van der Waals surface area contributed by atoms with Crippen LogP contribution < -0.4 is 5.32 Å². The minimum Gasteiger partial charge on any atom is -0.452 e. The Bertz CT molecular complexity index is 750. The molecule has 1 amide bonds. The van der Waals surface area contributed by atoms with Gasteiger partial charge in [-0.3, -0.25) is 4.79 Å². The third-order valence-corrected chi connectivity index (χ3v) is 3.83. The SMILES string of the molecule is Cc1cc(C)cc(C(=O)OCC(=O)Nc2ccc(C(C)(C)C)cc2)c1. The average Bonchev–Trinajstić information content (AvgIpc) is 2.51. The van der Waals surface area contributed by atoms with E-state index in [-0.39, 0.29) is 17.9 Å². The molecule has 0 radical (unpaired) electrons. The molecule has 0 bridgehead atoms. The van der Waals surface area contributed by atoms with E-state index < -0.39 is 5.97 Å². The largest absolute Gasteiger partial charge is 0.452 e. The summed E-state index contributed by atoms with van der Waals surface area (Å²) in [5, 5.41) is 2.73. The zero-order valence-electron chi connectivity index (χ0n) is 15.5. The average molecular weight is 339 g/mol. The van der Waals surface area contributed by atoms with Gasteiger partial charge in [-0.2, -0.15) is 0 Å². The summed E-state index contributed by atoms with van der Waals surface area (Å²) in [7, 11) is 0. The van der Waals surface area contributed by atoms with Crippen molar-refractivity contribution in [1.82, 2.24) is 0 Å². The van der Waals surface area contributed by atoms with E-state index in [9.17, 15) is 9.59 Å². The van der Waals surface area contributed by atoms with Gasteiger partial charge in [0.15, 0.2) is 6.61 Å². The van der Waals surface area contributed by atoms with E-state index in [4.69, 9.17) is 4.74 Å². The fraction of sp³-hybridized carbons (Fsp3) is 0.333. The van der Waals surface area contributed by atoms with Crippen LogP contribution in [-0.4, -0.2) is 18.5 Å². The summed E-state index contributed by atoms with van der Waals surface area (Å²) in [5.74, 6) is -0.855. The molecule has 4 nitrogen and oxygen atoms in total. The molecule has 2 aromatic carbocycles. The Morgan fingerprint density at radius 2 is 1.52 bits per heavy atom. The third kappa shape index (κ3) is 5.45. The molecule has 2 aromatic rings. The monoisotopic (exact) mass is 339 g/mol. The van der Waals surface area contributed by atoms with Crippen molar-refractivity contribution in [3.8, 4) is 0 Å². The number of aryl methyl sites for hydroxylation is 2. The van der Waals surface area contributed by atoms with Gasteiger partial charge in [-0.05, 0) is 49.1 Å². The first-order valence-electron chi connectivity index (χ1n) is 8.31. The Morgan fingerprint density at radius 1 is 0.960 bits per heavy atom. The molecule has 0 aliphatic heterocycles. The summed E-state index contributed by atoms with van der Waals surface area (Å²) in [4.78, 5) is 24.0. The predicted octanol–water partition coefficient (Wildman–Crippen LogP) is 4.40. The van der Waals surface area contributed by atoms with Crippen LogP contribution in [0.25, 0.3) is 0 Å². The van der Waals surface area contributed by atoms with E-state index >= 15 is 0 Å². The number of carbonyl (C=O) groups excluding carboxylic acids is 2. The molecule has 0 aliphatic rings. The molecule has 0 saturated carbocycles. The van der Waals surface area contributed by atoms with Crippen molar-refractivity contribution in [3.63, 3.8) is 0 Å². The molecular weight excluding hydrogens is 314 g/mol. The highest BCUT2D eigenvalue weighted by atomic mass is 16.5. The van der Waals surface area contributed by atoms with Gasteiger partial charge in [0.05, 0.1) is 5.56 Å². The molecular formula is C21H25NO3. The number of anilines is 1. The van der Waals surface area contributed by atoms with Crippen molar-refractivity contribution in [3.05, 3.63) is 64.7 Å². The number of benzene rings is 2. The van der Waals surface area contributed by atoms with Crippen molar-refractivity contribution in [2.45, 2.75) is 40.0 Å². The summed E-state index contributed by atoms with van der Waals surface area (Å²) in [5.41, 5.74) is 4.35. The minimum atomic E-state index is -0.495. The number of nitrogens with one attached hydrogen (secondary N) is 1. The lowest BCUT2D eigenvalue weighted by Gasteiger charge is -2.19.